The molecule has 0 fully saturated rings. The Bertz CT molecular complexity index is 556. The smallest absolute Gasteiger partial charge is 0.455 e. The predicted octanol–water partition coefficient (Wildman–Crippen LogP) is 3.17. The van der Waals surface area contributed by atoms with Gasteiger partial charge in [-0.1, -0.05) is 32.9 Å². The molecule has 6 nitrogen and oxygen atoms in total. The normalized spacial score (nSPS) is 10.9. The summed E-state index contributed by atoms with van der Waals surface area (Å²) in [4.78, 5) is 35.4. The fourth-order valence-corrected chi connectivity index (χ4v) is 4.40. The Morgan fingerprint density at radius 1 is 0.840 bits per heavy atom. The summed E-state index contributed by atoms with van der Waals surface area (Å²) in [5.74, 6) is -2.21. The molecule has 25 heavy (non-hydrogen) atoms. The summed E-state index contributed by atoms with van der Waals surface area (Å²) in [7, 11) is -3.89. The molecule has 0 radical (unpaired) electrons. The van der Waals surface area contributed by atoms with Crippen molar-refractivity contribution in [3.8, 4) is 0 Å². The number of rotatable bonds is 9. The minimum Gasteiger partial charge on any atom is -0.455 e. The molecule has 0 N–H and O–H groups in total. The maximum absolute atomic E-state index is 13.0. The highest BCUT2D eigenvalue weighted by Crippen LogP contribution is 2.22. The van der Waals surface area contributed by atoms with E-state index in [2.05, 4.69) is 0 Å². The van der Waals surface area contributed by atoms with Crippen LogP contribution in [-0.4, -0.2) is 26.7 Å². The molecule has 0 saturated heterocycles. The van der Waals surface area contributed by atoms with Crippen LogP contribution in [0.3, 0.4) is 0 Å². The van der Waals surface area contributed by atoms with E-state index < -0.39 is 26.7 Å². The highest BCUT2D eigenvalue weighted by molar-refractivity contribution is 6.65. The number of halogens is 1. The van der Waals surface area contributed by atoms with Crippen LogP contribution in [0.15, 0.2) is 24.3 Å². The van der Waals surface area contributed by atoms with E-state index in [4.69, 9.17) is 13.3 Å². The standard InChI is InChI=1S/C17H23FO6Si/c1-4-15(19)22-25(23-16(20)5-2,24-17(21)6-3)12-11-13-7-9-14(18)10-8-13/h7-10H,4-6,11-12H2,1-3H3. The van der Waals surface area contributed by atoms with Crippen molar-refractivity contribution in [1.82, 2.24) is 0 Å². The van der Waals surface area contributed by atoms with Crippen LogP contribution < -0.4 is 0 Å². The fourth-order valence-electron chi connectivity index (χ4n) is 1.90. The first-order valence-corrected chi connectivity index (χ1v) is 10.2. The highest BCUT2D eigenvalue weighted by Gasteiger charge is 2.52. The van der Waals surface area contributed by atoms with Gasteiger partial charge in [-0.2, -0.15) is 0 Å². The van der Waals surface area contributed by atoms with E-state index in [0.29, 0.717) is 6.42 Å². The minimum atomic E-state index is -3.89. The molecular weight excluding hydrogens is 347 g/mol. The molecule has 8 heteroatoms. The van der Waals surface area contributed by atoms with Gasteiger partial charge in [0.2, 0.25) is 0 Å². The van der Waals surface area contributed by atoms with Crippen molar-refractivity contribution in [3.05, 3.63) is 35.6 Å². The van der Waals surface area contributed by atoms with Crippen molar-refractivity contribution in [3.63, 3.8) is 0 Å². The molecule has 0 unspecified atom stereocenters. The Labute approximate surface area is 147 Å². The first-order chi connectivity index (χ1) is 11.8. The van der Waals surface area contributed by atoms with E-state index in [1.54, 1.807) is 32.9 Å². The Hall–Kier alpha value is -2.22. The molecule has 0 aliphatic carbocycles. The summed E-state index contributed by atoms with van der Waals surface area (Å²) in [6.07, 6.45) is 0.466. The monoisotopic (exact) mass is 370 g/mol. The zero-order valence-electron chi connectivity index (χ0n) is 14.7. The van der Waals surface area contributed by atoms with Crippen LogP contribution in [0.25, 0.3) is 0 Å². The number of hydrogen-bond acceptors (Lipinski definition) is 6. The second-order valence-corrected chi connectivity index (χ2v) is 7.77. The summed E-state index contributed by atoms with van der Waals surface area (Å²) >= 11 is 0. The van der Waals surface area contributed by atoms with E-state index >= 15 is 0 Å². The van der Waals surface area contributed by atoms with E-state index in [1.807, 2.05) is 0 Å². The van der Waals surface area contributed by atoms with E-state index in [0.717, 1.165) is 5.56 Å². The average Bonchev–Trinajstić information content (AvgIpc) is 2.60. The summed E-state index contributed by atoms with van der Waals surface area (Å²) in [5.41, 5.74) is 0.742. The lowest BCUT2D eigenvalue weighted by Crippen LogP contribution is -2.50. The SMILES string of the molecule is CCC(=O)O[Si](CCc1ccc(F)cc1)(OC(=O)CC)OC(=O)CC. The van der Waals surface area contributed by atoms with Crippen molar-refractivity contribution < 1.29 is 32.1 Å². The predicted molar refractivity (Wildman–Crippen MR) is 89.8 cm³/mol. The van der Waals surface area contributed by atoms with Crippen molar-refractivity contribution in [2.75, 3.05) is 0 Å². The van der Waals surface area contributed by atoms with Gasteiger partial charge in [0.15, 0.2) is 0 Å². The third-order valence-electron chi connectivity index (χ3n) is 3.31. The minimum absolute atomic E-state index is 0.0435. The Morgan fingerprint density at radius 3 is 1.60 bits per heavy atom. The second kappa shape index (κ2) is 9.92. The van der Waals surface area contributed by atoms with Gasteiger partial charge in [0.1, 0.15) is 5.82 Å². The Morgan fingerprint density at radius 2 is 1.24 bits per heavy atom. The molecule has 0 bridgehead atoms. The van der Waals surface area contributed by atoms with Crippen LogP contribution in [0.2, 0.25) is 6.04 Å². The zero-order valence-corrected chi connectivity index (χ0v) is 15.7. The van der Waals surface area contributed by atoms with Gasteiger partial charge in [0.25, 0.3) is 17.9 Å². The Balaban J connectivity index is 3.05. The molecule has 1 aromatic carbocycles. The molecule has 0 heterocycles. The summed E-state index contributed by atoms with van der Waals surface area (Å²) < 4.78 is 29.0. The van der Waals surface area contributed by atoms with Crippen LogP contribution in [-0.2, 0) is 34.1 Å². The second-order valence-electron chi connectivity index (χ2n) is 5.29. The molecule has 0 aliphatic heterocycles. The van der Waals surface area contributed by atoms with Crippen molar-refractivity contribution in [2.24, 2.45) is 0 Å². The lowest BCUT2D eigenvalue weighted by Gasteiger charge is -2.27. The molecule has 0 aromatic heterocycles. The van der Waals surface area contributed by atoms with Gasteiger partial charge >= 0.3 is 8.80 Å². The lowest BCUT2D eigenvalue weighted by molar-refractivity contribution is -0.150. The molecule has 0 spiro atoms. The zero-order chi connectivity index (χ0) is 18.9. The Kier molecular flexibility index (Phi) is 8.27. The topological polar surface area (TPSA) is 78.9 Å². The van der Waals surface area contributed by atoms with Crippen LogP contribution in [0, 0.1) is 5.82 Å². The molecule has 0 amide bonds. The van der Waals surface area contributed by atoms with Gasteiger partial charge in [-0.15, -0.1) is 0 Å². The van der Waals surface area contributed by atoms with E-state index in [1.165, 1.54) is 12.1 Å². The molecule has 1 rings (SSSR count). The molecule has 138 valence electrons. The quantitative estimate of drug-likeness (QED) is 0.621. The van der Waals surface area contributed by atoms with Gasteiger partial charge in [-0.3, -0.25) is 14.4 Å². The number of carbonyl (C=O) groups excluding carboxylic acids is 3. The number of carbonyl (C=O) groups is 3. The molecule has 0 aliphatic rings. The van der Waals surface area contributed by atoms with Crippen LogP contribution in [0.4, 0.5) is 4.39 Å². The van der Waals surface area contributed by atoms with Gasteiger partial charge in [0.05, 0.1) is 6.04 Å². The first kappa shape index (κ1) is 20.8. The molecule has 0 atom stereocenters. The largest absolute Gasteiger partial charge is 0.705 e. The number of aryl methyl sites for hydroxylation is 1. The molecule has 0 saturated carbocycles. The summed E-state index contributed by atoms with van der Waals surface area (Å²) in [6, 6.07) is 5.78. The van der Waals surface area contributed by atoms with Crippen LogP contribution >= 0.6 is 0 Å². The number of hydrogen-bond donors (Lipinski definition) is 0. The third kappa shape index (κ3) is 7.04. The highest BCUT2D eigenvalue weighted by atomic mass is 28.4. The van der Waals surface area contributed by atoms with Crippen LogP contribution in [0.1, 0.15) is 45.6 Å². The van der Waals surface area contributed by atoms with Crippen molar-refractivity contribution >= 4 is 26.7 Å². The summed E-state index contributed by atoms with van der Waals surface area (Å²) in [6.45, 7) is 4.76. The average molecular weight is 370 g/mol. The van der Waals surface area contributed by atoms with Gasteiger partial charge in [-0.05, 0) is 24.1 Å². The lowest BCUT2D eigenvalue weighted by atomic mass is 10.2. The van der Waals surface area contributed by atoms with E-state index in [-0.39, 0.29) is 31.1 Å². The van der Waals surface area contributed by atoms with Gasteiger partial charge < -0.3 is 13.3 Å². The summed E-state index contributed by atoms with van der Waals surface area (Å²) in [5, 5.41) is 0. The third-order valence-corrected chi connectivity index (χ3v) is 5.79. The first-order valence-electron chi connectivity index (χ1n) is 8.24. The number of benzene rings is 1. The van der Waals surface area contributed by atoms with Crippen molar-refractivity contribution in [2.45, 2.75) is 52.5 Å². The molecular formula is C17H23FO6Si. The van der Waals surface area contributed by atoms with Gasteiger partial charge in [0, 0.05) is 19.3 Å². The maximum Gasteiger partial charge on any atom is 0.705 e. The van der Waals surface area contributed by atoms with Gasteiger partial charge in [-0.25, -0.2) is 4.39 Å². The van der Waals surface area contributed by atoms with Crippen LogP contribution in [0.5, 0.6) is 0 Å². The maximum atomic E-state index is 13.0. The van der Waals surface area contributed by atoms with Crippen molar-refractivity contribution in [1.29, 1.82) is 0 Å². The fraction of sp³-hybridized carbons (Fsp3) is 0.471. The van der Waals surface area contributed by atoms with E-state index in [9.17, 15) is 18.8 Å². The molecule has 1 aromatic rings.